The summed E-state index contributed by atoms with van der Waals surface area (Å²) in [6.45, 7) is 7.64. The summed E-state index contributed by atoms with van der Waals surface area (Å²) >= 11 is 0. The van der Waals surface area contributed by atoms with Crippen LogP contribution in [0.5, 0.6) is 0 Å². The average Bonchev–Trinajstić information content (AvgIpc) is 2.85. The molecular weight excluding hydrogens is 204 g/mol. The number of hydrogen-bond acceptors (Lipinski definition) is 0. The molecule has 2 rings (SSSR count). The van der Waals surface area contributed by atoms with Gasteiger partial charge in [0, 0.05) is 0 Å². The van der Waals surface area contributed by atoms with E-state index in [0.29, 0.717) is 0 Å². The fraction of sp³-hybridized carbons (Fsp3) is 0.294. The minimum atomic E-state index is 0.729. The van der Waals surface area contributed by atoms with Crippen molar-refractivity contribution >= 4 is 12.2 Å². The smallest absolute Gasteiger partial charge is 0.0224 e. The Morgan fingerprint density at radius 2 is 1.59 bits per heavy atom. The minimum absolute atomic E-state index is 0.729. The van der Waals surface area contributed by atoms with E-state index in [1.54, 1.807) is 0 Å². The van der Waals surface area contributed by atoms with Crippen LogP contribution in [-0.4, -0.2) is 0 Å². The Morgan fingerprint density at radius 1 is 0.941 bits per heavy atom. The van der Waals surface area contributed by atoms with E-state index in [1.807, 2.05) is 6.08 Å². The Bertz CT molecular complexity index is 408. The van der Waals surface area contributed by atoms with Crippen LogP contribution in [0.4, 0.5) is 0 Å². The van der Waals surface area contributed by atoms with Gasteiger partial charge in [-0.2, -0.15) is 0 Å². The van der Waals surface area contributed by atoms with Crippen molar-refractivity contribution in [1.82, 2.24) is 0 Å². The van der Waals surface area contributed by atoms with E-state index in [0.717, 1.165) is 11.8 Å². The van der Waals surface area contributed by atoms with Crippen molar-refractivity contribution in [3.05, 3.63) is 60.7 Å². The highest BCUT2D eigenvalue weighted by atomic mass is 14.2. The van der Waals surface area contributed by atoms with Gasteiger partial charge in [0.25, 0.3) is 0 Å². The van der Waals surface area contributed by atoms with Gasteiger partial charge in [0.2, 0.25) is 0 Å². The van der Waals surface area contributed by atoms with Crippen molar-refractivity contribution in [2.24, 2.45) is 11.8 Å². The van der Waals surface area contributed by atoms with Crippen LogP contribution in [0, 0.1) is 11.8 Å². The molecule has 88 valence electrons. The number of hydrogen-bond donors (Lipinski definition) is 0. The molecule has 1 aliphatic carbocycles. The van der Waals surface area contributed by atoms with Crippen LogP contribution in [-0.2, 0) is 0 Å². The molecule has 17 heavy (non-hydrogen) atoms. The van der Waals surface area contributed by atoms with Gasteiger partial charge in [0.1, 0.15) is 0 Å². The number of rotatable bonds is 4. The number of allylic oxidation sites excluding steroid dienone is 2. The Balaban J connectivity index is 1.95. The largest absolute Gasteiger partial charge is 0.103 e. The van der Waals surface area contributed by atoms with Gasteiger partial charge in [0.15, 0.2) is 0 Å². The molecule has 0 saturated heterocycles. The first-order valence-corrected chi connectivity index (χ1v) is 6.35. The lowest BCUT2D eigenvalue weighted by atomic mass is 10.0. The van der Waals surface area contributed by atoms with Crippen molar-refractivity contribution in [1.29, 1.82) is 0 Å². The third-order valence-corrected chi connectivity index (χ3v) is 3.58. The summed E-state index contributed by atoms with van der Waals surface area (Å²) in [7, 11) is 0. The summed E-state index contributed by atoms with van der Waals surface area (Å²) in [4.78, 5) is 0. The molecule has 0 aromatic heterocycles. The molecule has 0 N–H and O–H groups in total. The van der Waals surface area contributed by atoms with Gasteiger partial charge in [0.05, 0.1) is 0 Å². The van der Waals surface area contributed by atoms with Crippen molar-refractivity contribution in [3.8, 4) is 0 Å². The molecule has 1 aliphatic rings. The molecular formula is C17H20. The fourth-order valence-corrected chi connectivity index (χ4v) is 2.43. The Kier molecular flexibility index (Phi) is 3.98. The van der Waals surface area contributed by atoms with Crippen LogP contribution < -0.4 is 0 Å². The average molecular weight is 224 g/mol. The second-order valence-corrected chi connectivity index (χ2v) is 4.80. The highest BCUT2D eigenvalue weighted by Gasteiger charge is 2.19. The van der Waals surface area contributed by atoms with Gasteiger partial charge in [-0.15, -0.1) is 6.58 Å². The Hall–Kier alpha value is -1.56. The molecule has 0 heterocycles. The van der Waals surface area contributed by atoms with Crippen molar-refractivity contribution in [2.45, 2.75) is 19.3 Å². The molecule has 2 atom stereocenters. The minimum Gasteiger partial charge on any atom is -0.103 e. The predicted octanol–water partition coefficient (Wildman–Crippen LogP) is 4.95. The zero-order valence-electron chi connectivity index (χ0n) is 10.3. The monoisotopic (exact) mass is 224 g/mol. The molecule has 0 radical (unpaired) electrons. The molecule has 1 aromatic carbocycles. The van der Waals surface area contributed by atoms with Crippen molar-refractivity contribution in [3.63, 3.8) is 0 Å². The zero-order valence-corrected chi connectivity index (χ0v) is 10.3. The topological polar surface area (TPSA) is 0 Å². The standard InChI is InChI=1S/C17H20/c1-3-14-5-8-16(9-6-14)10-12-17-11-7-15(4-2)13-17/h3-6,8-10,12,15,17H,1-2,7,11,13H2/b12-10+. The van der Waals surface area contributed by atoms with Gasteiger partial charge >= 0.3 is 0 Å². The summed E-state index contributed by atoms with van der Waals surface area (Å²) in [5, 5.41) is 0. The van der Waals surface area contributed by atoms with E-state index in [2.05, 4.69) is 55.7 Å². The van der Waals surface area contributed by atoms with E-state index in [4.69, 9.17) is 0 Å². The van der Waals surface area contributed by atoms with Gasteiger partial charge in [-0.25, -0.2) is 0 Å². The maximum atomic E-state index is 3.88. The highest BCUT2D eigenvalue weighted by Crippen LogP contribution is 2.32. The molecule has 1 saturated carbocycles. The first kappa shape index (κ1) is 11.9. The van der Waals surface area contributed by atoms with E-state index < -0.39 is 0 Å². The van der Waals surface area contributed by atoms with Crippen LogP contribution in [0.15, 0.2) is 49.6 Å². The maximum absolute atomic E-state index is 3.88. The van der Waals surface area contributed by atoms with Crippen LogP contribution in [0.25, 0.3) is 12.2 Å². The van der Waals surface area contributed by atoms with E-state index in [9.17, 15) is 0 Å². The maximum Gasteiger partial charge on any atom is -0.0224 e. The van der Waals surface area contributed by atoms with Crippen LogP contribution in [0.1, 0.15) is 30.4 Å². The second kappa shape index (κ2) is 5.67. The first-order valence-electron chi connectivity index (χ1n) is 6.35. The van der Waals surface area contributed by atoms with Crippen LogP contribution >= 0.6 is 0 Å². The normalized spacial score (nSPS) is 24.0. The fourth-order valence-electron chi connectivity index (χ4n) is 2.43. The van der Waals surface area contributed by atoms with Crippen molar-refractivity contribution in [2.75, 3.05) is 0 Å². The molecule has 1 aromatic rings. The molecule has 2 unspecified atom stereocenters. The van der Waals surface area contributed by atoms with Gasteiger partial charge < -0.3 is 0 Å². The van der Waals surface area contributed by atoms with Crippen LogP contribution in [0.3, 0.4) is 0 Å². The molecule has 0 spiro atoms. The summed E-state index contributed by atoms with van der Waals surface area (Å²) < 4.78 is 0. The third kappa shape index (κ3) is 3.20. The Morgan fingerprint density at radius 3 is 2.18 bits per heavy atom. The lowest BCUT2D eigenvalue weighted by Gasteiger charge is -2.02. The molecule has 1 fully saturated rings. The third-order valence-electron chi connectivity index (χ3n) is 3.58. The van der Waals surface area contributed by atoms with E-state index in [-0.39, 0.29) is 0 Å². The van der Waals surface area contributed by atoms with Gasteiger partial charge in [-0.05, 0) is 42.2 Å². The Labute approximate surface area is 104 Å². The quantitative estimate of drug-likeness (QED) is 0.635. The lowest BCUT2D eigenvalue weighted by molar-refractivity contribution is 0.641. The zero-order chi connectivity index (χ0) is 12.1. The van der Waals surface area contributed by atoms with Crippen LogP contribution in [0.2, 0.25) is 0 Å². The second-order valence-electron chi connectivity index (χ2n) is 4.80. The summed E-state index contributed by atoms with van der Waals surface area (Å²) in [6.07, 6.45) is 12.4. The molecule has 0 heteroatoms. The summed E-state index contributed by atoms with van der Waals surface area (Å²) in [5.74, 6) is 1.46. The molecule has 0 amide bonds. The van der Waals surface area contributed by atoms with Gasteiger partial charge in [-0.1, -0.05) is 55.1 Å². The number of benzene rings is 1. The SMILES string of the molecule is C=Cc1ccc(/C=C/C2CCC(C=C)C2)cc1. The molecule has 0 nitrogen and oxygen atoms in total. The highest BCUT2D eigenvalue weighted by molar-refractivity contribution is 5.54. The predicted molar refractivity (Wildman–Crippen MR) is 76.6 cm³/mol. The lowest BCUT2D eigenvalue weighted by Crippen LogP contribution is -1.89. The first-order chi connectivity index (χ1) is 8.31. The molecule has 0 aliphatic heterocycles. The van der Waals surface area contributed by atoms with E-state index in [1.165, 1.54) is 30.4 Å². The van der Waals surface area contributed by atoms with Gasteiger partial charge in [-0.3, -0.25) is 0 Å². The summed E-state index contributed by atoms with van der Waals surface area (Å²) in [6, 6.07) is 8.50. The molecule has 0 bridgehead atoms. The summed E-state index contributed by atoms with van der Waals surface area (Å²) in [5.41, 5.74) is 2.45. The van der Waals surface area contributed by atoms with Crippen molar-refractivity contribution < 1.29 is 0 Å². The van der Waals surface area contributed by atoms with E-state index >= 15 is 0 Å².